The van der Waals surface area contributed by atoms with Crippen molar-refractivity contribution in [3.05, 3.63) is 95.3 Å². The first-order valence-corrected chi connectivity index (χ1v) is 9.66. The Morgan fingerprint density at radius 1 is 0.897 bits per heavy atom. The number of aromatic nitrogens is 2. The van der Waals surface area contributed by atoms with Gasteiger partial charge in [-0.1, -0.05) is 66.7 Å². The Bertz CT molecular complexity index is 1170. The lowest BCUT2D eigenvalue weighted by Crippen LogP contribution is -2.20. The average Bonchev–Trinajstić information content (AvgIpc) is 3.07. The van der Waals surface area contributed by atoms with E-state index in [1.54, 1.807) is 0 Å². The largest absolute Gasteiger partial charge is 0.324 e. The lowest BCUT2D eigenvalue weighted by Gasteiger charge is -2.13. The molecule has 0 radical (unpaired) electrons. The lowest BCUT2D eigenvalue weighted by atomic mass is 10.1. The highest BCUT2D eigenvalue weighted by atomic mass is 16.1. The van der Waals surface area contributed by atoms with E-state index in [0.29, 0.717) is 0 Å². The number of imidazole rings is 1. The van der Waals surface area contributed by atoms with Crippen molar-refractivity contribution in [1.29, 1.82) is 0 Å². The van der Waals surface area contributed by atoms with E-state index in [1.807, 2.05) is 103 Å². The van der Waals surface area contributed by atoms with Crippen LogP contribution >= 0.6 is 0 Å². The maximum absolute atomic E-state index is 12.9. The van der Waals surface area contributed by atoms with Crippen LogP contribution in [0.25, 0.3) is 23.2 Å². The summed E-state index contributed by atoms with van der Waals surface area (Å²) in [5.41, 5.74) is 5.89. The molecule has 1 aromatic heterocycles. The summed E-state index contributed by atoms with van der Waals surface area (Å²) >= 11 is 0. The summed E-state index contributed by atoms with van der Waals surface area (Å²) in [5, 5.41) is 3.07. The number of hydrogen-bond acceptors (Lipinski definition) is 2. The number of nitrogens with one attached hydrogen (secondary N) is 1. The highest BCUT2D eigenvalue weighted by Gasteiger charge is 2.13. The van der Waals surface area contributed by atoms with E-state index in [9.17, 15) is 4.79 Å². The van der Waals surface area contributed by atoms with Crippen LogP contribution in [0, 0.1) is 13.8 Å². The van der Waals surface area contributed by atoms with Crippen molar-refractivity contribution < 1.29 is 4.79 Å². The second-order valence-corrected chi connectivity index (χ2v) is 7.10. The number of nitrogens with zero attached hydrogens (tertiary/aromatic N) is 2. The maximum Gasteiger partial charge on any atom is 0.244 e. The first-order valence-electron chi connectivity index (χ1n) is 9.66. The molecule has 4 heteroatoms. The van der Waals surface area contributed by atoms with Crippen molar-refractivity contribution in [2.45, 2.75) is 20.4 Å². The lowest BCUT2D eigenvalue weighted by molar-refractivity contribution is -0.116. The zero-order valence-corrected chi connectivity index (χ0v) is 16.6. The molecule has 0 aliphatic rings. The van der Waals surface area contributed by atoms with Crippen LogP contribution < -0.4 is 5.32 Å². The molecule has 0 fully saturated rings. The summed E-state index contributed by atoms with van der Waals surface area (Å²) in [4.78, 5) is 17.6. The summed E-state index contributed by atoms with van der Waals surface area (Å²) < 4.78 is 1.96. The van der Waals surface area contributed by atoms with Crippen LogP contribution in [-0.4, -0.2) is 15.5 Å². The third-order valence-electron chi connectivity index (χ3n) is 4.96. The summed E-state index contributed by atoms with van der Waals surface area (Å²) in [7, 11) is 0. The number of hydrogen-bond donors (Lipinski definition) is 1. The van der Waals surface area contributed by atoms with E-state index in [2.05, 4.69) is 5.32 Å². The van der Waals surface area contributed by atoms with Gasteiger partial charge in [0, 0.05) is 5.69 Å². The molecule has 0 unspecified atom stereocenters. The summed E-state index contributed by atoms with van der Waals surface area (Å²) in [6.45, 7) is 4.20. The fourth-order valence-electron chi connectivity index (χ4n) is 3.46. The molecule has 0 saturated heterocycles. The van der Waals surface area contributed by atoms with Gasteiger partial charge >= 0.3 is 0 Å². The highest BCUT2D eigenvalue weighted by Crippen LogP contribution is 2.21. The van der Waals surface area contributed by atoms with Gasteiger partial charge in [0.15, 0.2) is 0 Å². The Kier molecular flexibility index (Phi) is 5.25. The van der Waals surface area contributed by atoms with Gasteiger partial charge in [-0.3, -0.25) is 4.79 Å². The number of carbonyl (C=O) groups excluding carboxylic acids is 1. The minimum absolute atomic E-state index is 0.0695. The van der Waals surface area contributed by atoms with Crippen LogP contribution in [0.2, 0.25) is 0 Å². The SMILES string of the molecule is Cc1cccc(C)c1NC(=O)Cn1c(/C=C/c2ccccc2)nc2ccccc21. The number of amides is 1. The molecule has 0 saturated carbocycles. The van der Waals surface area contributed by atoms with Crippen molar-refractivity contribution in [2.24, 2.45) is 0 Å². The first-order chi connectivity index (χ1) is 14.1. The van der Waals surface area contributed by atoms with E-state index in [0.717, 1.165) is 39.2 Å². The Hall–Kier alpha value is -3.66. The number of anilines is 1. The predicted molar refractivity (Wildman–Crippen MR) is 120 cm³/mol. The predicted octanol–water partition coefficient (Wildman–Crippen LogP) is 5.46. The third kappa shape index (κ3) is 4.11. The summed E-state index contributed by atoms with van der Waals surface area (Å²) in [5.74, 6) is 0.687. The van der Waals surface area contributed by atoms with Crippen LogP contribution in [0.4, 0.5) is 5.69 Å². The molecule has 3 aromatic carbocycles. The molecule has 4 rings (SSSR count). The Morgan fingerprint density at radius 3 is 2.34 bits per heavy atom. The van der Waals surface area contributed by atoms with Crippen molar-refractivity contribution in [3.63, 3.8) is 0 Å². The number of carbonyl (C=O) groups is 1. The third-order valence-corrected chi connectivity index (χ3v) is 4.96. The fourth-order valence-corrected chi connectivity index (χ4v) is 3.46. The Labute approximate surface area is 170 Å². The van der Waals surface area contributed by atoms with Crippen LogP contribution in [0.3, 0.4) is 0 Å². The molecule has 4 aromatic rings. The zero-order chi connectivity index (χ0) is 20.2. The standard InChI is InChI=1S/C25H23N3O/c1-18-9-8-10-19(2)25(18)27-24(29)17-28-22-14-7-6-13-21(22)26-23(28)16-15-20-11-4-3-5-12-20/h3-16H,17H2,1-2H3,(H,27,29)/b16-15+. The molecule has 0 spiro atoms. The van der Waals surface area contributed by atoms with Gasteiger partial charge < -0.3 is 9.88 Å². The normalized spacial score (nSPS) is 11.2. The van der Waals surface area contributed by atoms with Gasteiger partial charge in [-0.15, -0.1) is 0 Å². The van der Waals surface area contributed by atoms with Gasteiger partial charge in [0.1, 0.15) is 12.4 Å². The van der Waals surface area contributed by atoms with Crippen LogP contribution in [0.1, 0.15) is 22.5 Å². The number of benzene rings is 3. The van der Waals surface area contributed by atoms with E-state index in [1.165, 1.54) is 0 Å². The molecule has 1 amide bonds. The molecular weight excluding hydrogens is 358 g/mol. The van der Waals surface area contributed by atoms with Crippen LogP contribution in [0.5, 0.6) is 0 Å². The Balaban J connectivity index is 1.65. The van der Waals surface area contributed by atoms with Gasteiger partial charge in [0.25, 0.3) is 0 Å². The average molecular weight is 381 g/mol. The minimum Gasteiger partial charge on any atom is -0.324 e. The smallest absolute Gasteiger partial charge is 0.244 e. The van der Waals surface area contributed by atoms with Gasteiger partial charge in [-0.05, 0) is 48.7 Å². The molecule has 0 atom stereocenters. The van der Waals surface area contributed by atoms with Gasteiger partial charge in [0.2, 0.25) is 5.91 Å². The summed E-state index contributed by atoms with van der Waals surface area (Å²) in [6, 6.07) is 24.0. The van der Waals surface area contributed by atoms with Crippen molar-refractivity contribution >= 4 is 34.8 Å². The van der Waals surface area contributed by atoms with Crippen molar-refractivity contribution in [1.82, 2.24) is 9.55 Å². The van der Waals surface area contributed by atoms with Crippen LogP contribution in [-0.2, 0) is 11.3 Å². The molecule has 4 nitrogen and oxygen atoms in total. The van der Waals surface area contributed by atoms with Crippen molar-refractivity contribution in [3.8, 4) is 0 Å². The molecular formula is C25H23N3O. The number of rotatable bonds is 5. The van der Waals surface area contributed by atoms with E-state index < -0.39 is 0 Å². The molecule has 1 N–H and O–H groups in total. The topological polar surface area (TPSA) is 46.9 Å². The quantitative estimate of drug-likeness (QED) is 0.499. The first kappa shape index (κ1) is 18.7. The molecule has 0 aliphatic heterocycles. The number of fused-ring (bicyclic) bond motifs is 1. The highest BCUT2D eigenvalue weighted by molar-refractivity contribution is 5.93. The minimum atomic E-state index is -0.0695. The number of aryl methyl sites for hydroxylation is 2. The second-order valence-electron chi connectivity index (χ2n) is 7.10. The Morgan fingerprint density at radius 2 is 1.59 bits per heavy atom. The molecule has 29 heavy (non-hydrogen) atoms. The van der Waals surface area contributed by atoms with Crippen molar-refractivity contribution in [2.75, 3.05) is 5.32 Å². The van der Waals surface area contributed by atoms with E-state index in [-0.39, 0.29) is 12.5 Å². The monoisotopic (exact) mass is 381 g/mol. The van der Waals surface area contributed by atoms with Gasteiger partial charge in [-0.2, -0.15) is 0 Å². The zero-order valence-electron chi connectivity index (χ0n) is 16.6. The molecule has 144 valence electrons. The van der Waals surface area contributed by atoms with Crippen LogP contribution in [0.15, 0.2) is 72.8 Å². The molecule has 1 heterocycles. The van der Waals surface area contributed by atoms with E-state index >= 15 is 0 Å². The van der Waals surface area contributed by atoms with Gasteiger partial charge in [0.05, 0.1) is 11.0 Å². The molecule has 0 aliphatic carbocycles. The maximum atomic E-state index is 12.9. The second kappa shape index (κ2) is 8.15. The van der Waals surface area contributed by atoms with E-state index in [4.69, 9.17) is 4.98 Å². The molecule has 0 bridgehead atoms. The van der Waals surface area contributed by atoms with Gasteiger partial charge in [-0.25, -0.2) is 4.98 Å². The fraction of sp³-hybridized carbons (Fsp3) is 0.120. The number of para-hydroxylation sites is 3. The summed E-state index contributed by atoms with van der Waals surface area (Å²) in [6.07, 6.45) is 3.97.